The summed E-state index contributed by atoms with van der Waals surface area (Å²) in [7, 11) is 0. The van der Waals surface area contributed by atoms with Gasteiger partial charge in [0.05, 0.1) is 0 Å². The minimum Gasteiger partial charge on any atom is -0.455 e. The largest absolute Gasteiger partial charge is 0.455 e. The Labute approximate surface area is 136 Å². The van der Waals surface area contributed by atoms with Gasteiger partial charge in [0.1, 0.15) is 11.3 Å². The average molecular weight is 307 g/mol. The Bertz CT molecular complexity index is 787. The molecule has 0 radical (unpaired) electrons. The van der Waals surface area contributed by atoms with Crippen molar-refractivity contribution in [2.24, 2.45) is 5.73 Å². The summed E-state index contributed by atoms with van der Waals surface area (Å²) < 4.78 is 6.02. The van der Waals surface area contributed by atoms with E-state index in [1.54, 1.807) is 0 Å². The van der Waals surface area contributed by atoms with Crippen molar-refractivity contribution in [2.45, 2.75) is 13.3 Å². The lowest BCUT2D eigenvalue weighted by Crippen LogP contribution is -2.09. The van der Waals surface area contributed by atoms with Crippen molar-refractivity contribution in [3.8, 4) is 11.5 Å². The summed E-state index contributed by atoms with van der Waals surface area (Å²) in [5.74, 6) is 1.57. The Kier molecular flexibility index (Phi) is 4.74. The predicted molar refractivity (Wildman–Crippen MR) is 95.2 cm³/mol. The van der Waals surface area contributed by atoms with Crippen LogP contribution in [0.5, 0.6) is 11.5 Å². The first-order valence-electron chi connectivity index (χ1n) is 7.85. The number of fused-ring (bicyclic) bond motifs is 1. The molecule has 0 spiro atoms. The molecule has 0 aliphatic rings. The Balaban J connectivity index is 1.99. The van der Waals surface area contributed by atoms with Crippen LogP contribution in [0.3, 0.4) is 0 Å². The molecule has 2 aromatic carbocycles. The number of nitrogens with zero attached hydrogens (tertiary/aromatic N) is 1. The van der Waals surface area contributed by atoms with Gasteiger partial charge in [-0.2, -0.15) is 0 Å². The van der Waals surface area contributed by atoms with E-state index in [0.29, 0.717) is 6.54 Å². The Morgan fingerprint density at radius 2 is 1.91 bits per heavy atom. The van der Waals surface area contributed by atoms with Crippen LogP contribution in [0, 0.1) is 6.92 Å². The standard InChI is InChI=1S/C19H21N3O/c1-14-13-17(21-12-6-11-20)16-9-5-10-18(19(16)22-14)23-15-7-3-2-4-8-15/h2-5,7-10,13H,6,11-12,20H2,1H3,(H,21,22). The van der Waals surface area contributed by atoms with E-state index in [4.69, 9.17) is 10.5 Å². The third-order valence-electron chi connectivity index (χ3n) is 3.60. The summed E-state index contributed by atoms with van der Waals surface area (Å²) in [6.45, 7) is 3.52. The zero-order valence-electron chi connectivity index (χ0n) is 13.3. The fraction of sp³-hybridized carbons (Fsp3) is 0.211. The van der Waals surface area contributed by atoms with E-state index in [0.717, 1.165) is 46.7 Å². The van der Waals surface area contributed by atoms with Gasteiger partial charge in [-0.3, -0.25) is 0 Å². The van der Waals surface area contributed by atoms with E-state index in [9.17, 15) is 0 Å². The molecular formula is C19H21N3O. The summed E-state index contributed by atoms with van der Waals surface area (Å²) in [4.78, 5) is 4.67. The average Bonchev–Trinajstić information content (AvgIpc) is 2.57. The van der Waals surface area contributed by atoms with Gasteiger partial charge >= 0.3 is 0 Å². The third kappa shape index (κ3) is 3.60. The number of benzene rings is 2. The van der Waals surface area contributed by atoms with Gasteiger partial charge in [-0.1, -0.05) is 30.3 Å². The molecule has 0 aliphatic heterocycles. The minimum absolute atomic E-state index is 0.678. The lowest BCUT2D eigenvalue weighted by Gasteiger charge is -2.13. The number of pyridine rings is 1. The summed E-state index contributed by atoms with van der Waals surface area (Å²) >= 11 is 0. The van der Waals surface area contributed by atoms with E-state index in [1.165, 1.54) is 0 Å². The van der Waals surface area contributed by atoms with Crippen molar-refractivity contribution in [3.63, 3.8) is 0 Å². The fourth-order valence-corrected chi connectivity index (χ4v) is 2.52. The van der Waals surface area contributed by atoms with Gasteiger partial charge in [-0.05, 0) is 44.2 Å². The highest BCUT2D eigenvalue weighted by Gasteiger charge is 2.09. The van der Waals surface area contributed by atoms with Crippen molar-refractivity contribution in [1.29, 1.82) is 0 Å². The molecule has 3 aromatic rings. The SMILES string of the molecule is Cc1cc(NCCCN)c2cccc(Oc3ccccc3)c2n1. The first-order chi connectivity index (χ1) is 11.3. The number of hydrogen-bond donors (Lipinski definition) is 2. The number of anilines is 1. The molecule has 0 unspecified atom stereocenters. The van der Waals surface area contributed by atoms with Crippen LogP contribution in [0.1, 0.15) is 12.1 Å². The van der Waals surface area contributed by atoms with Gasteiger partial charge in [0.15, 0.2) is 5.75 Å². The highest BCUT2D eigenvalue weighted by molar-refractivity contribution is 5.95. The smallest absolute Gasteiger partial charge is 0.153 e. The maximum Gasteiger partial charge on any atom is 0.153 e. The van der Waals surface area contributed by atoms with E-state index in [1.807, 2.05) is 49.4 Å². The lowest BCUT2D eigenvalue weighted by atomic mass is 10.1. The maximum absolute atomic E-state index is 6.02. The normalized spacial score (nSPS) is 10.7. The molecule has 0 aliphatic carbocycles. The molecule has 0 atom stereocenters. The number of nitrogens with one attached hydrogen (secondary N) is 1. The van der Waals surface area contributed by atoms with Crippen LogP contribution in [0.25, 0.3) is 10.9 Å². The molecule has 0 bridgehead atoms. The molecule has 118 valence electrons. The number of ether oxygens (including phenoxy) is 1. The molecule has 0 saturated carbocycles. The Hall–Kier alpha value is -2.59. The van der Waals surface area contributed by atoms with Crippen LogP contribution >= 0.6 is 0 Å². The van der Waals surface area contributed by atoms with Gasteiger partial charge in [-0.15, -0.1) is 0 Å². The summed E-state index contributed by atoms with van der Waals surface area (Å²) in [6.07, 6.45) is 0.934. The maximum atomic E-state index is 6.02. The van der Waals surface area contributed by atoms with Gasteiger partial charge in [0.2, 0.25) is 0 Å². The summed E-state index contributed by atoms with van der Waals surface area (Å²) in [5, 5.41) is 4.50. The molecular weight excluding hydrogens is 286 g/mol. The van der Waals surface area contributed by atoms with Crippen LogP contribution in [0.15, 0.2) is 54.6 Å². The quantitative estimate of drug-likeness (QED) is 0.673. The van der Waals surface area contributed by atoms with E-state index < -0.39 is 0 Å². The van der Waals surface area contributed by atoms with Gasteiger partial charge in [-0.25, -0.2) is 4.98 Å². The van der Waals surface area contributed by atoms with Crippen molar-refractivity contribution in [2.75, 3.05) is 18.4 Å². The first kappa shape index (κ1) is 15.3. The number of aryl methyl sites for hydroxylation is 1. The van der Waals surface area contributed by atoms with Crippen LogP contribution in [-0.4, -0.2) is 18.1 Å². The first-order valence-corrected chi connectivity index (χ1v) is 7.85. The van der Waals surface area contributed by atoms with E-state index >= 15 is 0 Å². The van der Waals surface area contributed by atoms with Crippen molar-refractivity contribution in [3.05, 3.63) is 60.3 Å². The Morgan fingerprint density at radius 1 is 1.09 bits per heavy atom. The molecule has 1 aromatic heterocycles. The highest BCUT2D eigenvalue weighted by atomic mass is 16.5. The highest BCUT2D eigenvalue weighted by Crippen LogP contribution is 2.32. The zero-order chi connectivity index (χ0) is 16.1. The van der Waals surface area contributed by atoms with Crippen molar-refractivity contribution >= 4 is 16.6 Å². The second kappa shape index (κ2) is 7.11. The van der Waals surface area contributed by atoms with Crippen molar-refractivity contribution < 1.29 is 4.74 Å². The van der Waals surface area contributed by atoms with Crippen LogP contribution < -0.4 is 15.8 Å². The summed E-state index contributed by atoms with van der Waals surface area (Å²) in [6, 6.07) is 17.8. The number of nitrogens with two attached hydrogens (primary N) is 1. The topological polar surface area (TPSA) is 60.2 Å². The monoisotopic (exact) mass is 307 g/mol. The van der Waals surface area contributed by atoms with E-state index in [-0.39, 0.29) is 0 Å². The second-order valence-corrected chi connectivity index (χ2v) is 5.45. The molecule has 23 heavy (non-hydrogen) atoms. The Morgan fingerprint density at radius 3 is 2.70 bits per heavy atom. The van der Waals surface area contributed by atoms with Gasteiger partial charge in [0, 0.05) is 23.3 Å². The second-order valence-electron chi connectivity index (χ2n) is 5.45. The molecule has 0 amide bonds. The van der Waals surface area contributed by atoms with Crippen LogP contribution in [-0.2, 0) is 0 Å². The van der Waals surface area contributed by atoms with Crippen LogP contribution in [0.4, 0.5) is 5.69 Å². The van der Waals surface area contributed by atoms with Crippen LogP contribution in [0.2, 0.25) is 0 Å². The molecule has 0 saturated heterocycles. The van der Waals surface area contributed by atoms with Gasteiger partial charge < -0.3 is 15.8 Å². The van der Waals surface area contributed by atoms with E-state index in [2.05, 4.69) is 22.4 Å². The fourth-order valence-electron chi connectivity index (χ4n) is 2.52. The summed E-state index contributed by atoms with van der Waals surface area (Å²) in [5.41, 5.74) is 8.46. The van der Waals surface area contributed by atoms with Gasteiger partial charge in [0.25, 0.3) is 0 Å². The minimum atomic E-state index is 0.678. The predicted octanol–water partition coefficient (Wildman–Crippen LogP) is 4.10. The number of hydrogen-bond acceptors (Lipinski definition) is 4. The molecule has 3 rings (SSSR count). The molecule has 4 heteroatoms. The zero-order valence-corrected chi connectivity index (χ0v) is 13.3. The molecule has 3 N–H and O–H groups in total. The van der Waals surface area contributed by atoms with Crippen molar-refractivity contribution in [1.82, 2.24) is 4.98 Å². The molecule has 0 fully saturated rings. The number of aromatic nitrogens is 1. The third-order valence-corrected chi connectivity index (χ3v) is 3.60. The lowest BCUT2D eigenvalue weighted by molar-refractivity contribution is 0.487. The number of rotatable bonds is 6. The number of para-hydroxylation sites is 2. The molecule has 1 heterocycles. The molecule has 4 nitrogen and oxygen atoms in total.